The van der Waals surface area contributed by atoms with Crippen molar-refractivity contribution in [2.24, 2.45) is 0 Å². The molecule has 0 bridgehead atoms. The summed E-state index contributed by atoms with van der Waals surface area (Å²) in [6, 6.07) is 18.3. The lowest BCUT2D eigenvalue weighted by Gasteiger charge is -2.27. The smallest absolute Gasteiger partial charge is 0.241 e. The third-order valence-electron chi connectivity index (χ3n) is 5.05. The zero-order valence-electron chi connectivity index (χ0n) is 16.7. The molecule has 4 rings (SSSR count). The number of morpholine rings is 1. The molecular formula is C23H26N4O2. The average molecular weight is 390 g/mol. The first kappa shape index (κ1) is 19.2. The van der Waals surface area contributed by atoms with Gasteiger partial charge in [-0.15, -0.1) is 0 Å². The van der Waals surface area contributed by atoms with E-state index < -0.39 is 0 Å². The summed E-state index contributed by atoms with van der Waals surface area (Å²) in [4.78, 5) is 14.7. The number of hydrogen-bond donors (Lipinski definition) is 1. The fraction of sp³-hybridized carbons (Fsp3) is 0.304. The number of benzene rings is 2. The minimum Gasteiger partial charge on any atom is -0.378 e. The summed E-state index contributed by atoms with van der Waals surface area (Å²) in [5.41, 5.74) is 4.45. The molecule has 0 atom stereocenters. The first-order chi connectivity index (χ1) is 14.2. The Labute approximate surface area is 171 Å². The van der Waals surface area contributed by atoms with E-state index in [4.69, 9.17) is 9.84 Å². The molecule has 2 aromatic carbocycles. The van der Waals surface area contributed by atoms with Crippen LogP contribution in [0.5, 0.6) is 0 Å². The molecule has 1 aromatic heterocycles. The van der Waals surface area contributed by atoms with Crippen LogP contribution in [0.3, 0.4) is 0 Å². The van der Waals surface area contributed by atoms with Crippen LogP contribution >= 0.6 is 0 Å². The molecule has 0 radical (unpaired) electrons. The standard InChI is InChI=1S/C23H26N4O2/c1-18-7-9-20(10-8-18)21-16-27(25-23(21)26-11-13-29-14-12-26)17-22(28)24-15-19-5-3-2-4-6-19/h2-10,16H,11-15,17H2,1H3,(H,24,28). The van der Waals surface area contributed by atoms with Gasteiger partial charge in [0.15, 0.2) is 5.82 Å². The van der Waals surface area contributed by atoms with Crippen molar-refractivity contribution < 1.29 is 9.53 Å². The summed E-state index contributed by atoms with van der Waals surface area (Å²) in [5, 5.41) is 7.72. The van der Waals surface area contributed by atoms with Gasteiger partial charge in [-0.2, -0.15) is 5.10 Å². The van der Waals surface area contributed by atoms with E-state index in [2.05, 4.69) is 41.4 Å². The molecule has 6 nitrogen and oxygen atoms in total. The summed E-state index contributed by atoms with van der Waals surface area (Å²) in [6.07, 6.45) is 1.97. The topological polar surface area (TPSA) is 59.4 Å². The van der Waals surface area contributed by atoms with Gasteiger partial charge in [0.25, 0.3) is 0 Å². The van der Waals surface area contributed by atoms with Crippen LogP contribution in [0.25, 0.3) is 11.1 Å². The maximum atomic E-state index is 12.5. The largest absolute Gasteiger partial charge is 0.378 e. The van der Waals surface area contributed by atoms with Gasteiger partial charge in [-0.1, -0.05) is 60.2 Å². The second-order valence-corrected chi connectivity index (χ2v) is 7.29. The second-order valence-electron chi connectivity index (χ2n) is 7.29. The highest BCUT2D eigenvalue weighted by atomic mass is 16.5. The Kier molecular flexibility index (Phi) is 5.91. The second kappa shape index (κ2) is 8.92. The van der Waals surface area contributed by atoms with E-state index in [9.17, 15) is 4.79 Å². The lowest BCUT2D eigenvalue weighted by atomic mass is 10.1. The quantitative estimate of drug-likeness (QED) is 0.703. The molecule has 1 fully saturated rings. The first-order valence-electron chi connectivity index (χ1n) is 9.97. The Hall–Kier alpha value is -3.12. The molecular weight excluding hydrogens is 364 g/mol. The van der Waals surface area contributed by atoms with Gasteiger partial charge in [0.1, 0.15) is 6.54 Å². The Balaban J connectivity index is 1.52. The first-order valence-corrected chi connectivity index (χ1v) is 9.97. The predicted molar refractivity (Wildman–Crippen MR) is 114 cm³/mol. The summed E-state index contributed by atoms with van der Waals surface area (Å²) in [5.74, 6) is 0.855. The number of carbonyl (C=O) groups is 1. The van der Waals surface area contributed by atoms with Crippen molar-refractivity contribution >= 4 is 11.7 Å². The lowest BCUT2D eigenvalue weighted by molar-refractivity contribution is -0.122. The summed E-state index contributed by atoms with van der Waals surface area (Å²) in [7, 11) is 0. The highest BCUT2D eigenvalue weighted by Gasteiger charge is 2.20. The van der Waals surface area contributed by atoms with Gasteiger partial charge >= 0.3 is 0 Å². The molecule has 0 saturated carbocycles. The fourth-order valence-corrected chi connectivity index (χ4v) is 3.44. The van der Waals surface area contributed by atoms with Crippen molar-refractivity contribution in [2.75, 3.05) is 31.2 Å². The third-order valence-corrected chi connectivity index (χ3v) is 5.05. The van der Waals surface area contributed by atoms with Crippen LogP contribution in [0, 0.1) is 6.92 Å². The number of hydrogen-bond acceptors (Lipinski definition) is 4. The van der Waals surface area contributed by atoms with Crippen LogP contribution in [-0.2, 0) is 22.6 Å². The normalized spacial score (nSPS) is 14.0. The van der Waals surface area contributed by atoms with Crippen LogP contribution in [0.4, 0.5) is 5.82 Å². The summed E-state index contributed by atoms with van der Waals surface area (Å²) < 4.78 is 7.22. The highest BCUT2D eigenvalue weighted by molar-refractivity contribution is 5.78. The highest BCUT2D eigenvalue weighted by Crippen LogP contribution is 2.30. The maximum absolute atomic E-state index is 12.5. The van der Waals surface area contributed by atoms with Crippen LogP contribution in [-0.4, -0.2) is 42.0 Å². The number of nitrogens with one attached hydrogen (secondary N) is 1. The Bertz CT molecular complexity index is 945. The number of anilines is 1. The zero-order chi connectivity index (χ0) is 20.1. The third kappa shape index (κ3) is 4.84. The Morgan fingerprint density at radius 3 is 2.52 bits per heavy atom. The molecule has 3 aromatic rings. The van der Waals surface area contributed by atoms with E-state index in [0.29, 0.717) is 19.8 Å². The van der Waals surface area contributed by atoms with Crippen LogP contribution in [0.1, 0.15) is 11.1 Å². The van der Waals surface area contributed by atoms with Crippen molar-refractivity contribution in [3.8, 4) is 11.1 Å². The van der Waals surface area contributed by atoms with Gasteiger partial charge < -0.3 is 15.0 Å². The van der Waals surface area contributed by atoms with Crippen molar-refractivity contribution in [1.82, 2.24) is 15.1 Å². The fourth-order valence-electron chi connectivity index (χ4n) is 3.44. The molecule has 6 heteroatoms. The Morgan fingerprint density at radius 2 is 1.79 bits per heavy atom. The number of rotatable bonds is 6. The van der Waals surface area contributed by atoms with Crippen LogP contribution in [0.2, 0.25) is 0 Å². The van der Waals surface area contributed by atoms with Gasteiger partial charge in [-0.3, -0.25) is 9.48 Å². The SMILES string of the molecule is Cc1ccc(-c2cn(CC(=O)NCc3ccccc3)nc2N2CCOCC2)cc1. The monoisotopic (exact) mass is 390 g/mol. The van der Waals surface area contributed by atoms with Crippen LogP contribution in [0.15, 0.2) is 60.8 Å². The van der Waals surface area contributed by atoms with Gasteiger partial charge in [-0.05, 0) is 18.1 Å². The number of amides is 1. The number of aryl methyl sites for hydroxylation is 1. The molecule has 1 N–H and O–H groups in total. The number of aromatic nitrogens is 2. The van der Waals surface area contributed by atoms with E-state index in [-0.39, 0.29) is 12.5 Å². The summed E-state index contributed by atoms with van der Waals surface area (Å²) >= 11 is 0. The predicted octanol–water partition coefficient (Wildman–Crippen LogP) is 3.01. The number of nitrogens with zero attached hydrogens (tertiary/aromatic N) is 3. The molecule has 1 aliphatic rings. The zero-order valence-corrected chi connectivity index (χ0v) is 16.7. The van der Waals surface area contributed by atoms with Crippen molar-refractivity contribution in [1.29, 1.82) is 0 Å². The van der Waals surface area contributed by atoms with Gasteiger partial charge in [0.2, 0.25) is 5.91 Å². The maximum Gasteiger partial charge on any atom is 0.241 e. The molecule has 2 heterocycles. The molecule has 1 saturated heterocycles. The summed E-state index contributed by atoms with van der Waals surface area (Å²) in [6.45, 7) is 5.77. The van der Waals surface area contributed by atoms with Crippen molar-refractivity contribution in [3.05, 3.63) is 71.9 Å². The van der Waals surface area contributed by atoms with Gasteiger partial charge in [0, 0.05) is 31.4 Å². The van der Waals surface area contributed by atoms with Crippen LogP contribution < -0.4 is 10.2 Å². The minimum absolute atomic E-state index is 0.0552. The van der Waals surface area contributed by atoms with E-state index in [1.54, 1.807) is 4.68 Å². The number of carbonyl (C=O) groups excluding carboxylic acids is 1. The molecule has 29 heavy (non-hydrogen) atoms. The molecule has 0 unspecified atom stereocenters. The molecule has 150 valence electrons. The van der Waals surface area contributed by atoms with E-state index >= 15 is 0 Å². The van der Waals surface area contributed by atoms with Gasteiger partial charge in [0.05, 0.1) is 13.2 Å². The van der Waals surface area contributed by atoms with Gasteiger partial charge in [-0.25, -0.2) is 0 Å². The number of ether oxygens (including phenoxy) is 1. The van der Waals surface area contributed by atoms with E-state index in [1.807, 2.05) is 36.5 Å². The molecule has 0 spiro atoms. The Morgan fingerprint density at radius 1 is 1.07 bits per heavy atom. The lowest BCUT2D eigenvalue weighted by Crippen LogP contribution is -2.37. The van der Waals surface area contributed by atoms with Crippen molar-refractivity contribution in [3.63, 3.8) is 0 Å². The molecule has 0 aliphatic carbocycles. The molecule has 1 aliphatic heterocycles. The van der Waals surface area contributed by atoms with E-state index in [1.165, 1.54) is 5.56 Å². The molecule has 1 amide bonds. The minimum atomic E-state index is -0.0552. The average Bonchev–Trinajstić information content (AvgIpc) is 3.18. The van der Waals surface area contributed by atoms with Crippen molar-refractivity contribution in [2.45, 2.75) is 20.0 Å². The van der Waals surface area contributed by atoms with E-state index in [0.717, 1.165) is 35.6 Å².